The smallest absolute Gasteiger partial charge is 0.251 e. The molecule has 0 spiro atoms. The number of carbonyl (C=O) groups is 1. The minimum absolute atomic E-state index is 0.00165. The lowest BCUT2D eigenvalue weighted by molar-refractivity contribution is 0.0953. The number of benzene rings is 2. The quantitative estimate of drug-likeness (QED) is 0.203. The van der Waals surface area contributed by atoms with Crippen molar-refractivity contribution in [1.82, 2.24) is 5.32 Å². The highest BCUT2D eigenvalue weighted by molar-refractivity contribution is 5.94. The Morgan fingerprint density at radius 3 is 1.41 bits per heavy atom. The number of rotatable bonds is 19. The molecule has 188 valence electrons. The first-order valence-electron chi connectivity index (χ1n) is 13.9. The molecule has 0 aliphatic carbocycles. The molecule has 34 heavy (non-hydrogen) atoms. The van der Waals surface area contributed by atoms with Gasteiger partial charge < -0.3 is 10.4 Å². The fourth-order valence-electron chi connectivity index (χ4n) is 4.45. The summed E-state index contributed by atoms with van der Waals surface area (Å²) in [5.41, 5.74) is 2.76. The number of phenolic OH excluding ortho intramolecular Hbond substituents is 1. The van der Waals surface area contributed by atoms with Crippen molar-refractivity contribution < 1.29 is 9.90 Å². The van der Waals surface area contributed by atoms with Gasteiger partial charge in [-0.2, -0.15) is 0 Å². The van der Waals surface area contributed by atoms with E-state index < -0.39 is 0 Å². The van der Waals surface area contributed by atoms with Crippen LogP contribution in [-0.4, -0.2) is 17.6 Å². The van der Waals surface area contributed by atoms with Gasteiger partial charge in [0.25, 0.3) is 5.91 Å². The first kappa shape index (κ1) is 28.0. The van der Waals surface area contributed by atoms with Crippen molar-refractivity contribution in [2.75, 3.05) is 6.54 Å². The first-order valence-corrected chi connectivity index (χ1v) is 13.9. The summed E-state index contributed by atoms with van der Waals surface area (Å²) in [6.07, 6.45) is 21.7. The Hall–Kier alpha value is -2.29. The molecule has 0 atom stereocenters. The van der Waals surface area contributed by atoms with Gasteiger partial charge >= 0.3 is 0 Å². The lowest BCUT2D eigenvalue weighted by Gasteiger charge is -2.07. The van der Waals surface area contributed by atoms with Crippen LogP contribution in [0.3, 0.4) is 0 Å². The van der Waals surface area contributed by atoms with Gasteiger partial charge in [-0.05, 0) is 41.8 Å². The molecule has 0 aliphatic heterocycles. The maximum atomic E-state index is 12.4. The highest BCUT2D eigenvalue weighted by Crippen LogP contribution is 2.22. The topological polar surface area (TPSA) is 49.3 Å². The van der Waals surface area contributed by atoms with Crippen LogP contribution >= 0.6 is 0 Å². The normalized spacial score (nSPS) is 11.0. The minimum atomic E-state index is -0.00165. The van der Waals surface area contributed by atoms with Gasteiger partial charge in [0.2, 0.25) is 0 Å². The van der Waals surface area contributed by atoms with E-state index in [0.717, 1.165) is 24.1 Å². The van der Waals surface area contributed by atoms with Crippen LogP contribution < -0.4 is 5.32 Å². The number of phenols is 1. The van der Waals surface area contributed by atoms with Crippen LogP contribution in [0, 0.1) is 0 Å². The molecule has 2 aromatic rings. The van der Waals surface area contributed by atoms with Crippen LogP contribution in [0.25, 0.3) is 11.1 Å². The van der Waals surface area contributed by atoms with Gasteiger partial charge in [0, 0.05) is 12.1 Å². The molecule has 2 N–H and O–H groups in total. The van der Waals surface area contributed by atoms with E-state index in [4.69, 9.17) is 0 Å². The number of unbranched alkanes of at least 4 members (excludes halogenated alkanes) is 15. The molecule has 0 aromatic heterocycles. The van der Waals surface area contributed by atoms with Crippen molar-refractivity contribution in [2.24, 2.45) is 0 Å². The molecule has 0 saturated heterocycles. The predicted octanol–water partition coefficient (Wildman–Crippen LogP) is 9.05. The molecule has 0 aliphatic rings. The summed E-state index contributed by atoms with van der Waals surface area (Å²) in [5.74, 6) is 0.257. The molecule has 0 unspecified atom stereocenters. The fourth-order valence-corrected chi connectivity index (χ4v) is 4.45. The second-order valence-corrected chi connectivity index (χ2v) is 9.68. The first-order chi connectivity index (χ1) is 16.7. The number of nitrogens with one attached hydrogen (secondary N) is 1. The Morgan fingerprint density at radius 2 is 0.971 bits per heavy atom. The van der Waals surface area contributed by atoms with Crippen LogP contribution in [-0.2, 0) is 0 Å². The highest BCUT2D eigenvalue weighted by Gasteiger charge is 2.05. The van der Waals surface area contributed by atoms with Crippen LogP contribution in [0.4, 0.5) is 0 Å². The molecule has 3 heteroatoms. The molecule has 1 amide bonds. The average molecular weight is 466 g/mol. The number of amides is 1. The largest absolute Gasteiger partial charge is 0.508 e. The molecular weight excluding hydrogens is 418 g/mol. The zero-order chi connectivity index (χ0) is 24.3. The summed E-state index contributed by atoms with van der Waals surface area (Å²) in [7, 11) is 0. The number of aromatic hydroxyl groups is 1. The molecule has 0 fully saturated rings. The Morgan fingerprint density at radius 1 is 0.588 bits per heavy atom. The maximum absolute atomic E-state index is 12.4. The van der Waals surface area contributed by atoms with Crippen molar-refractivity contribution in [3.8, 4) is 16.9 Å². The standard InChI is InChI=1S/C31H47NO2/c1-2-3-4-5-6-7-8-9-10-11-12-13-14-15-16-17-26-32-31(34)29-20-18-27(19-21-29)28-22-24-30(33)25-23-28/h18-25,33H,2-17,26H2,1H3,(H,32,34). The average Bonchev–Trinajstić information content (AvgIpc) is 2.86. The molecule has 2 aromatic carbocycles. The third-order valence-corrected chi connectivity index (χ3v) is 6.66. The third kappa shape index (κ3) is 12.3. The van der Waals surface area contributed by atoms with E-state index in [1.54, 1.807) is 12.1 Å². The van der Waals surface area contributed by atoms with Gasteiger partial charge in [0.15, 0.2) is 0 Å². The lowest BCUT2D eigenvalue weighted by Crippen LogP contribution is -2.24. The van der Waals surface area contributed by atoms with Crippen LogP contribution in [0.1, 0.15) is 120 Å². The van der Waals surface area contributed by atoms with Gasteiger partial charge in [-0.1, -0.05) is 128 Å². The van der Waals surface area contributed by atoms with E-state index in [0.29, 0.717) is 5.56 Å². The van der Waals surface area contributed by atoms with Crippen molar-refractivity contribution in [3.05, 3.63) is 54.1 Å². The summed E-state index contributed by atoms with van der Waals surface area (Å²) in [5, 5.41) is 12.5. The predicted molar refractivity (Wildman–Crippen MR) is 145 cm³/mol. The second kappa shape index (κ2) is 18.1. The summed E-state index contributed by atoms with van der Waals surface area (Å²) in [6.45, 7) is 3.03. The summed E-state index contributed by atoms with van der Waals surface area (Å²) >= 11 is 0. The third-order valence-electron chi connectivity index (χ3n) is 6.66. The van der Waals surface area contributed by atoms with E-state index in [-0.39, 0.29) is 11.7 Å². The maximum Gasteiger partial charge on any atom is 0.251 e. The Bertz CT molecular complexity index is 767. The Kier molecular flexibility index (Phi) is 14.9. The minimum Gasteiger partial charge on any atom is -0.508 e. The van der Waals surface area contributed by atoms with Gasteiger partial charge in [-0.15, -0.1) is 0 Å². The SMILES string of the molecule is CCCCCCCCCCCCCCCCCCNC(=O)c1ccc(-c2ccc(O)cc2)cc1. The Labute approximate surface area is 208 Å². The van der Waals surface area contributed by atoms with E-state index >= 15 is 0 Å². The van der Waals surface area contributed by atoms with E-state index in [2.05, 4.69) is 12.2 Å². The second-order valence-electron chi connectivity index (χ2n) is 9.68. The molecule has 0 bridgehead atoms. The van der Waals surface area contributed by atoms with Crippen molar-refractivity contribution >= 4 is 5.91 Å². The van der Waals surface area contributed by atoms with Crippen molar-refractivity contribution in [1.29, 1.82) is 0 Å². The molecule has 0 radical (unpaired) electrons. The lowest BCUT2D eigenvalue weighted by atomic mass is 10.0. The number of carbonyl (C=O) groups excluding carboxylic acids is 1. The van der Waals surface area contributed by atoms with Crippen LogP contribution in [0.15, 0.2) is 48.5 Å². The summed E-state index contributed by atoms with van der Waals surface area (Å²) in [6, 6.07) is 14.7. The number of hydrogen-bond donors (Lipinski definition) is 2. The van der Waals surface area contributed by atoms with Gasteiger partial charge in [-0.25, -0.2) is 0 Å². The summed E-state index contributed by atoms with van der Waals surface area (Å²) < 4.78 is 0. The molecule has 0 saturated carbocycles. The van der Waals surface area contributed by atoms with Crippen LogP contribution in [0.5, 0.6) is 5.75 Å². The molecule has 2 rings (SSSR count). The molecule has 3 nitrogen and oxygen atoms in total. The van der Waals surface area contributed by atoms with Gasteiger partial charge in [0.1, 0.15) is 5.75 Å². The highest BCUT2D eigenvalue weighted by atomic mass is 16.3. The monoisotopic (exact) mass is 465 g/mol. The Balaban J connectivity index is 1.41. The van der Waals surface area contributed by atoms with Gasteiger partial charge in [0.05, 0.1) is 0 Å². The number of hydrogen-bond acceptors (Lipinski definition) is 2. The van der Waals surface area contributed by atoms with Crippen molar-refractivity contribution in [2.45, 2.75) is 110 Å². The zero-order valence-corrected chi connectivity index (χ0v) is 21.5. The fraction of sp³-hybridized carbons (Fsp3) is 0.581. The van der Waals surface area contributed by atoms with Crippen LogP contribution in [0.2, 0.25) is 0 Å². The zero-order valence-electron chi connectivity index (χ0n) is 21.5. The van der Waals surface area contributed by atoms with E-state index in [1.165, 1.54) is 96.3 Å². The van der Waals surface area contributed by atoms with E-state index in [9.17, 15) is 9.90 Å². The van der Waals surface area contributed by atoms with E-state index in [1.807, 2.05) is 36.4 Å². The van der Waals surface area contributed by atoms with Gasteiger partial charge in [-0.3, -0.25) is 4.79 Å². The summed E-state index contributed by atoms with van der Waals surface area (Å²) in [4.78, 5) is 12.4. The van der Waals surface area contributed by atoms with Crippen molar-refractivity contribution in [3.63, 3.8) is 0 Å². The molecular formula is C31H47NO2. The molecule has 0 heterocycles.